The molecular weight excluding hydrogens is 267 g/mol. The lowest BCUT2D eigenvalue weighted by Crippen LogP contribution is -2.12. The summed E-state index contributed by atoms with van der Waals surface area (Å²) in [7, 11) is 1.75. The molecule has 0 heterocycles. The second kappa shape index (κ2) is 5.71. The van der Waals surface area contributed by atoms with Crippen LogP contribution in [0.5, 0.6) is 0 Å². The maximum Gasteiger partial charge on any atom is 0.257 e. The standard InChI is InChI=1S/C14H12ClFN2O/c1-17-11-6-7-13(15)12(8-11)14(19)18-10-4-2-9(16)3-5-10/h2-8,17H,1H3,(H,18,19). The maximum atomic E-state index is 12.8. The molecule has 0 aliphatic rings. The van der Waals surface area contributed by atoms with Gasteiger partial charge in [-0.15, -0.1) is 0 Å². The van der Waals surface area contributed by atoms with Gasteiger partial charge in [0, 0.05) is 18.4 Å². The zero-order valence-corrected chi connectivity index (χ0v) is 11.0. The van der Waals surface area contributed by atoms with Gasteiger partial charge in [0.05, 0.1) is 10.6 Å². The van der Waals surface area contributed by atoms with Crippen LogP contribution in [0.2, 0.25) is 5.02 Å². The molecule has 2 N–H and O–H groups in total. The van der Waals surface area contributed by atoms with Crippen LogP contribution >= 0.6 is 11.6 Å². The van der Waals surface area contributed by atoms with Gasteiger partial charge in [0.15, 0.2) is 0 Å². The summed E-state index contributed by atoms with van der Waals surface area (Å²) in [5.41, 5.74) is 1.66. The van der Waals surface area contributed by atoms with Gasteiger partial charge in [-0.25, -0.2) is 4.39 Å². The molecule has 0 saturated carbocycles. The van der Waals surface area contributed by atoms with Gasteiger partial charge in [-0.3, -0.25) is 4.79 Å². The van der Waals surface area contributed by atoms with Gasteiger partial charge in [-0.05, 0) is 42.5 Å². The Balaban J connectivity index is 2.22. The average molecular weight is 279 g/mol. The highest BCUT2D eigenvalue weighted by molar-refractivity contribution is 6.34. The van der Waals surface area contributed by atoms with Gasteiger partial charge < -0.3 is 10.6 Å². The quantitative estimate of drug-likeness (QED) is 0.897. The first-order chi connectivity index (χ1) is 9.10. The molecule has 2 rings (SSSR count). The minimum absolute atomic E-state index is 0.339. The Hall–Kier alpha value is -2.07. The molecule has 0 aromatic heterocycles. The van der Waals surface area contributed by atoms with E-state index in [0.717, 1.165) is 5.69 Å². The molecule has 2 aromatic carbocycles. The van der Waals surface area contributed by atoms with Crippen LogP contribution < -0.4 is 10.6 Å². The fourth-order valence-corrected chi connectivity index (χ4v) is 1.79. The summed E-state index contributed by atoms with van der Waals surface area (Å²) in [6, 6.07) is 10.6. The molecule has 0 bridgehead atoms. The van der Waals surface area contributed by atoms with Crippen LogP contribution in [0.25, 0.3) is 0 Å². The molecule has 0 atom stereocenters. The summed E-state index contributed by atoms with van der Waals surface area (Å²) >= 11 is 5.99. The Labute approximate surface area is 115 Å². The van der Waals surface area contributed by atoms with E-state index >= 15 is 0 Å². The van der Waals surface area contributed by atoms with E-state index < -0.39 is 0 Å². The smallest absolute Gasteiger partial charge is 0.257 e. The van der Waals surface area contributed by atoms with Crippen molar-refractivity contribution >= 4 is 28.9 Å². The van der Waals surface area contributed by atoms with E-state index in [1.807, 2.05) is 0 Å². The van der Waals surface area contributed by atoms with Crippen LogP contribution in [0.1, 0.15) is 10.4 Å². The minimum atomic E-state index is -0.354. The number of benzene rings is 2. The first-order valence-electron chi connectivity index (χ1n) is 5.64. The van der Waals surface area contributed by atoms with Crippen LogP contribution in [-0.4, -0.2) is 13.0 Å². The van der Waals surface area contributed by atoms with Crippen molar-refractivity contribution in [3.05, 3.63) is 58.9 Å². The molecule has 0 unspecified atom stereocenters. The van der Waals surface area contributed by atoms with Crippen LogP contribution in [0.15, 0.2) is 42.5 Å². The molecule has 2 aromatic rings. The van der Waals surface area contributed by atoms with Crippen LogP contribution in [0, 0.1) is 5.82 Å². The normalized spacial score (nSPS) is 10.1. The van der Waals surface area contributed by atoms with Gasteiger partial charge in [0.25, 0.3) is 5.91 Å². The second-order valence-corrected chi connectivity index (χ2v) is 4.31. The van der Waals surface area contributed by atoms with E-state index in [4.69, 9.17) is 11.6 Å². The van der Waals surface area contributed by atoms with Crippen molar-refractivity contribution in [1.29, 1.82) is 0 Å². The molecule has 0 spiro atoms. The molecule has 0 fully saturated rings. The van der Waals surface area contributed by atoms with Crippen LogP contribution in [0.4, 0.5) is 15.8 Å². The number of hydrogen-bond acceptors (Lipinski definition) is 2. The monoisotopic (exact) mass is 278 g/mol. The third-order valence-corrected chi connectivity index (χ3v) is 2.93. The summed E-state index contributed by atoms with van der Waals surface area (Å²) in [6.45, 7) is 0. The Bertz CT molecular complexity index is 599. The number of carbonyl (C=O) groups is 1. The van der Waals surface area contributed by atoms with Gasteiger partial charge >= 0.3 is 0 Å². The maximum absolute atomic E-state index is 12.8. The molecule has 5 heteroatoms. The molecule has 3 nitrogen and oxygen atoms in total. The molecule has 19 heavy (non-hydrogen) atoms. The average Bonchev–Trinajstić information content (AvgIpc) is 2.42. The van der Waals surface area contributed by atoms with E-state index in [1.165, 1.54) is 24.3 Å². The predicted molar refractivity (Wildman–Crippen MR) is 75.4 cm³/mol. The fraction of sp³-hybridized carbons (Fsp3) is 0.0714. The summed E-state index contributed by atoms with van der Waals surface area (Å²) < 4.78 is 12.8. The van der Waals surface area contributed by atoms with Crippen molar-refractivity contribution in [3.8, 4) is 0 Å². The number of halogens is 2. The molecule has 0 saturated heterocycles. The summed E-state index contributed by atoms with van der Waals surface area (Å²) in [6.07, 6.45) is 0. The summed E-state index contributed by atoms with van der Waals surface area (Å²) in [5.74, 6) is -0.693. The molecule has 1 amide bonds. The fourth-order valence-electron chi connectivity index (χ4n) is 1.59. The van der Waals surface area contributed by atoms with Gasteiger partial charge in [0.2, 0.25) is 0 Å². The third-order valence-electron chi connectivity index (χ3n) is 2.60. The Morgan fingerprint density at radius 3 is 2.37 bits per heavy atom. The summed E-state index contributed by atoms with van der Waals surface area (Å²) in [5, 5.41) is 5.95. The van der Waals surface area contributed by atoms with Gasteiger partial charge in [0.1, 0.15) is 5.82 Å². The second-order valence-electron chi connectivity index (χ2n) is 3.91. The highest BCUT2D eigenvalue weighted by Crippen LogP contribution is 2.21. The lowest BCUT2D eigenvalue weighted by molar-refractivity contribution is 0.102. The van der Waals surface area contributed by atoms with E-state index in [2.05, 4.69) is 10.6 Å². The van der Waals surface area contributed by atoms with E-state index in [0.29, 0.717) is 16.3 Å². The zero-order valence-electron chi connectivity index (χ0n) is 10.2. The van der Waals surface area contributed by atoms with Crippen molar-refractivity contribution in [2.45, 2.75) is 0 Å². The van der Waals surface area contributed by atoms with E-state index in [-0.39, 0.29) is 11.7 Å². The van der Waals surface area contributed by atoms with Crippen LogP contribution in [0.3, 0.4) is 0 Å². The molecule has 0 aliphatic heterocycles. The molecule has 0 radical (unpaired) electrons. The van der Waals surface area contributed by atoms with Gasteiger partial charge in [-0.2, -0.15) is 0 Å². The minimum Gasteiger partial charge on any atom is -0.388 e. The van der Waals surface area contributed by atoms with Crippen molar-refractivity contribution in [2.24, 2.45) is 0 Å². The van der Waals surface area contributed by atoms with Crippen molar-refractivity contribution in [1.82, 2.24) is 0 Å². The molecule has 98 valence electrons. The number of nitrogens with one attached hydrogen (secondary N) is 2. The Morgan fingerprint density at radius 1 is 1.11 bits per heavy atom. The van der Waals surface area contributed by atoms with Crippen molar-refractivity contribution in [2.75, 3.05) is 17.7 Å². The largest absolute Gasteiger partial charge is 0.388 e. The topological polar surface area (TPSA) is 41.1 Å². The SMILES string of the molecule is CNc1ccc(Cl)c(C(=O)Nc2ccc(F)cc2)c1. The lowest BCUT2D eigenvalue weighted by Gasteiger charge is -2.08. The summed E-state index contributed by atoms with van der Waals surface area (Å²) in [4.78, 5) is 12.1. The van der Waals surface area contributed by atoms with Crippen LogP contribution in [-0.2, 0) is 0 Å². The highest BCUT2D eigenvalue weighted by atomic mass is 35.5. The zero-order chi connectivity index (χ0) is 13.8. The number of carbonyl (C=O) groups excluding carboxylic acids is 1. The number of hydrogen-bond donors (Lipinski definition) is 2. The number of anilines is 2. The number of rotatable bonds is 3. The Morgan fingerprint density at radius 2 is 1.74 bits per heavy atom. The van der Waals surface area contributed by atoms with Crippen molar-refractivity contribution in [3.63, 3.8) is 0 Å². The first kappa shape index (κ1) is 13.4. The van der Waals surface area contributed by atoms with Crippen molar-refractivity contribution < 1.29 is 9.18 Å². The lowest BCUT2D eigenvalue weighted by atomic mass is 10.1. The Kier molecular flexibility index (Phi) is 4.02. The predicted octanol–water partition coefficient (Wildman–Crippen LogP) is 3.77. The first-order valence-corrected chi connectivity index (χ1v) is 6.02. The van der Waals surface area contributed by atoms with E-state index in [1.54, 1.807) is 25.2 Å². The highest BCUT2D eigenvalue weighted by Gasteiger charge is 2.11. The van der Waals surface area contributed by atoms with Gasteiger partial charge in [-0.1, -0.05) is 11.6 Å². The molecular formula is C14H12ClFN2O. The third kappa shape index (κ3) is 3.23. The molecule has 0 aliphatic carbocycles. The number of amides is 1. The van der Waals surface area contributed by atoms with E-state index in [9.17, 15) is 9.18 Å².